The van der Waals surface area contributed by atoms with Crippen LogP contribution in [0.1, 0.15) is 33.1 Å². The predicted molar refractivity (Wildman–Crippen MR) is 101 cm³/mol. The standard InChI is InChI=1S/C19H34O11/c1-9(7-21)14(6-13(25)10(2)12(24)5-11(23)3-4-20)29-19-18(28)17(27)16(26)15(8-22)30-19/h4,7,9-19,22-28H,3,5-6,8H2,1-2H3/t9-,10+,11+,12-,13-,14-,15-,16-,17+,18+,19-/m1/s1. The van der Waals surface area contributed by atoms with Crippen LogP contribution in [0, 0.1) is 11.8 Å². The number of aliphatic hydroxyl groups excluding tert-OH is 7. The molecule has 1 saturated heterocycles. The maximum atomic E-state index is 11.3. The van der Waals surface area contributed by atoms with Crippen molar-refractivity contribution in [3.05, 3.63) is 0 Å². The molecule has 0 aromatic carbocycles. The predicted octanol–water partition coefficient (Wildman–Crippen LogP) is -2.91. The highest BCUT2D eigenvalue weighted by molar-refractivity contribution is 5.53. The van der Waals surface area contributed by atoms with E-state index in [-0.39, 0.29) is 19.3 Å². The van der Waals surface area contributed by atoms with Crippen molar-refractivity contribution in [3.8, 4) is 0 Å². The molecule has 1 rings (SSSR count). The monoisotopic (exact) mass is 438 g/mol. The second kappa shape index (κ2) is 12.7. The Morgan fingerprint density at radius 1 is 0.967 bits per heavy atom. The Balaban J connectivity index is 2.82. The molecular formula is C19H34O11. The third-order valence-corrected chi connectivity index (χ3v) is 5.53. The molecule has 11 heteroatoms. The second-order valence-corrected chi connectivity index (χ2v) is 7.89. The van der Waals surface area contributed by atoms with Gasteiger partial charge in [0.1, 0.15) is 37.0 Å². The third kappa shape index (κ3) is 7.29. The number of hydrogen-bond acceptors (Lipinski definition) is 11. The largest absolute Gasteiger partial charge is 0.394 e. The van der Waals surface area contributed by atoms with Crippen LogP contribution in [0.25, 0.3) is 0 Å². The number of ether oxygens (including phenoxy) is 2. The van der Waals surface area contributed by atoms with Crippen molar-refractivity contribution < 1.29 is 54.8 Å². The highest BCUT2D eigenvalue weighted by Crippen LogP contribution is 2.27. The fourth-order valence-corrected chi connectivity index (χ4v) is 3.24. The van der Waals surface area contributed by atoms with Crippen molar-refractivity contribution in [1.29, 1.82) is 0 Å². The molecule has 0 aromatic heterocycles. The fourth-order valence-electron chi connectivity index (χ4n) is 3.24. The summed E-state index contributed by atoms with van der Waals surface area (Å²) in [6, 6.07) is 0. The fraction of sp³-hybridized carbons (Fsp3) is 0.895. The highest BCUT2D eigenvalue weighted by Gasteiger charge is 2.45. The van der Waals surface area contributed by atoms with Gasteiger partial charge in [-0.25, -0.2) is 0 Å². The summed E-state index contributed by atoms with van der Waals surface area (Å²) in [6.07, 6.45) is -11.2. The van der Waals surface area contributed by atoms with Gasteiger partial charge in [-0.05, 0) is 6.42 Å². The lowest BCUT2D eigenvalue weighted by Crippen LogP contribution is -2.60. The van der Waals surface area contributed by atoms with Crippen LogP contribution in [-0.4, -0.2) is 110 Å². The molecular weight excluding hydrogens is 404 g/mol. The van der Waals surface area contributed by atoms with Gasteiger partial charge in [-0.15, -0.1) is 0 Å². The molecule has 11 nitrogen and oxygen atoms in total. The molecule has 176 valence electrons. The molecule has 7 N–H and O–H groups in total. The average Bonchev–Trinajstić information content (AvgIpc) is 2.72. The van der Waals surface area contributed by atoms with Crippen LogP contribution < -0.4 is 0 Å². The number of aliphatic hydroxyl groups is 7. The zero-order valence-electron chi connectivity index (χ0n) is 17.1. The van der Waals surface area contributed by atoms with E-state index in [9.17, 15) is 45.3 Å². The van der Waals surface area contributed by atoms with Crippen LogP contribution in [0.3, 0.4) is 0 Å². The molecule has 1 aliphatic heterocycles. The molecule has 0 unspecified atom stereocenters. The number of aldehydes is 2. The molecule has 1 aliphatic rings. The molecule has 0 aliphatic carbocycles. The van der Waals surface area contributed by atoms with E-state index >= 15 is 0 Å². The van der Waals surface area contributed by atoms with Gasteiger partial charge >= 0.3 is 0 Å². The molecule has 0 radical (unpaired) electrons. The number of carbonyl (C=O) groups excluding carboxylic acids is 2. The summed E-state index contributed by atoms with van der Waals surface area (Å²) in [5, 5.41) is 69.4. The van der Waals surface area contributed by atoms with Gasteiger partial charge < -0.3 is 54.8 Å². The van der Waals surface area contributed by atoms with Gasteiger partial charge in [0.15, 0.2) is 6.29 Å². The van der Waals surface area contributed by atoms with E-state index in [4.69, 9.17) is 9.47 Å². The van der Waals surface area contributed by atoms with Gasteiger partial charge in [0.05, 0.1) is 31.0 Å². The third-order valence-electron chi connectivity index (χ3n) is 5.53. The lowest BCUT2D eigenvalue weighted by molar-refractivity contribution is -0.315. The van der Waals surface area contributed by atoms with E-state index in [1.165, 1.54) is 13.8 Å². The van der Waals surface area contributed by atoms with Crippen LogP contribution in [0.2, 0.25) is 0 Å². The Labute approximate surface area is 174 Å². The van der Waals surface area contributed by atoms with Crippen molar-refractivity contribution in [2.24, 2.45) is 11.8 Å². The van der Waals surface area contributed by atoms with Gasteiger partial charge in [-0.2, -0.15) is 0 Å². The minimum Gasteiger partial charge on any atom is -0.394 e. The molecule has 0 aromatic rings. The SMILES string of the molecule is C[C@@H]([C@H](O)C[C@@H](O)CC=O)[C@H](O)C[C@@H](O[C@@H]1O[C@H](CO)[C@@H](O)[C@H](O)[C@@H]1O)[C@H](C)C=O. The summed E-state index contributed by atoms with van der Waals surface area (Å²) in [5.41, 5.74) is 0. The minimum absolute atomic E-state index is 0.127. The average molecular weight is 438 g/mol. The lowest BCUT2D eigenvalue weighted by Gasteiger charge is -2.41. The van der Waals surface area contributed by atoms with E-state index in [1.54, 1.807) is 0 Å². The van der Waals surface area contributed by atoms with Crippen LogP contribution in [0.4, 0.5) is 0 Å². The van der Waals surface area contributed by atoms with Crippen molar-refractivity contribution in [3.63, 3.8) is 0 Å². The normalized spacial score (nSPS) is 33.2. The maximum Gasteiger partial charge on any atom is 0.186 e. The number of hydrogen-bond donors (Lipinski definition) is 7. The van der Waals surface area contributed by atoms with E-state index in [0.717, 1.165) is 0 Å². The number of rotatable bonds is 13. The zero-order chi connectivity index (χ0) is 23.0. The second-order valence-electron chi connectivity index (χ2n) is 7.89. The van der Waals surface area contributed by atoms with Crippen LogP contribution in [0.15, 0.2) is 0 Å². The molecule has 1 heterocycles. The first-order valence-electron chi connectivity index (χ1n) is 9.96. The summed E-state index contributed by atoms with van der Waals surface area (Å²) in [5.74, 6) is -1.51. The molecule has 1 fully saturated rings. The quantitative estimate of drug-likeness (QED) is 0.146. The zero-order valence-corrected chi connectivity index (χ0v) is 17.1. The molecule has 0 bridgehead atoms. The molecule has 0 saturated carbocycles. The lowest BCUT2D eigenvalue weighted by atomic mass is 9.88. The Bertz CT molecular complexity index is 517. The van der Waals surface area contributed by atoms with Gasteiger partial charge in [0.2, 0.25) is 0 Å². The van der Waals surface area contributed by atoms with E-state index in [2.05, 4.69) is 0 Å². The first-order chi connectivity index (χ1) is 14.1. The molecule has 0 amide bonds. The smallest absolute Gasteiger partial charge is 0.186 e. The summed E-state index contributed by atoms with van der Waals surface area (Å²) in [7, 11) is 0. The van der Waals surface area contributed by atoms with Gasteiger partial charge in [0.25, 0.3) is 0 Å². The van der Waals surface area contributed by atoms with Gasteiger partial charge in [-0.1, -0.05) is 13.8 Å². The van der Waals surface area contributed by atoms with Gasteiger partial charge in [-0.3, -0.25) is 0 Å². The van der Waals surface area contributed by atoms with Crippen LogP contribution in [-0.2, 0) is 19.1 Å². The Kier molecular flexibility index (Phi) is 11.5. The van der Waals surface area contributed by atoms with Crippen molar-refractivity contribution >= 4 is 12.6 Å². The first-order valence-corrected chi connectivity index (χ1v) is 9.96. The topological polar surface area (TPSA) is 194 Å². The maximum absolute atomic E-state index is 11.3. The van der Waals surface area contributed by atoms with Gasteiger partial charge in [0, 0.05) is 24.7 Å². The number of carbonyl (C=O) groups is 2. The van der Waals surface area contributed by atoms with E-state index in [0.29, 0.717) is 12.6 Å². The summed E-state index contributed by atoms with van der Waals surface area (Å²) in [4.78, 5) is 21.7. The molecule has 11 atom stereocenters. The molecule has 0 spiro atoms. The summed E-state index contributed by atoms with van der Waals surface area (Å²) >= 11 is 0. The summed E-state index contributed by atoms with van der Waals surface area (Å²) < 4.78 is 10.9. The Morgan fingerprint density at radius 2 is 1.57 bits per heavy atom. The van der Waals surface area contributed by atoms with Crippen molar-refractivity contribution in [2.75, 3.05) is 6.61 Å². The van der Waals surface area contributed by atoms with Crippen LogP contribution >= 0.6 is 0 Å². The summed E-state index contributed by atoms with van der Waals surface area (Å²) in [6.45, 7) is 2.39. The van der Waals surface area contributed by atoms with E-state index < -0.39 is 73.6 Å². The van der Waals surface area contributed by atoms with Crippen molar-refractivity contribution in [1.82, 2.24) is 0 Å². The molecule has 30 heavy (non-hydrogen) atoms. The Morgan fingerprint density at radius 3 is 2.10 bits per heavy atom. The van der Waals surface area contributed by atoms with E-state index in [1.807, 2.05) is 0 Å². The Hall–Kier alpha value is -1.02. The van der Waals surface area contributed by atoms with Crippen molar-refractivity contribution in [2.45, 2.75) is 88.2 Å². The van der Waals surface area contributed by atoms with Crippen LogP contribution in [0.5, 0.6) is 0 Å². The first kappa shape index (κ1) is 27.0. The highest BCUT2D eigenvalue weighted by atomic mass is 16.7. The minimum atomic E-state index is -1.66.